The minimum absolute atomic E-state index is 0.0121. The van der Waals surface area contributed by atoms with Crippen molar-refractivity contribution in [2.45, 2.75) is 39.2 Å². The molecule has 0 aliphatic rings. The van der Waals surface area contributed by atoms with Crippen LogP contribution in [-0.2, 0) is 0 Å². The third-order valence-electron chi connectivity index (χ3n) is 3.01. The molecule has 0 aliphatic carbocycles. The molecule has 2 nitrogen and oxygen atoms in total. The topological polar surface area (TPSA) is 29.3 Å². The van der Waals surface area contributed by atoms with E-state index < -0.39 is 0 Å². The Hall–Kier alpha value is -0.730. The second-order valence-corrected chi connectivity index (χ2v) is 5.03. The Morgan fingerprint density at radius 1 is 1.35 bits per heavy atom. The highest BCUT2D eigenvalue weighted by molar-refractivity contribution is 6.31. The molecule has 0 aliphatic heterocycles. The van der Waals surface area contributed by atoms with Gasteiger partial charge in [0.2, 0.25) is 0 Å². The van der Waals surface area contributed by atoms with Crippen LogP contribution in [0.3, 0.4) is 0 Å². The van der Waals surface area contributed by atoms with Crippen molar-refractivity contribution in [1.29, 1.82) is 0 Å². The van der Waals surface area contributed by atoms with Crippen LogP contribution >= 0.6 is 11.6 Å². The summed E-state index contributed by atoms with van der Waals surface area (Å²) in [4.78, 5) is 2.24. The number of rotatable bonds is 6. The largest absolute Gasteiger partial charge is 0.375 e. The van der Waals surface area contributed by atoms with Crippen LogP contribution in [0.2, 0.25) is 5.02 Å². The summed E-state index contributed by atoms with van der Waals surface area (Å²) in [7, 11) is 2.10. The Labute approximate surface area is 110 Å². The first-order valence-corrected chi connectivity index (χ1v) is 6.70. The van der Waals surface area contributed by atoms with Crippen LogP contribution in [0.4, 0.5) is 5.69 Å². The number of unbranched alkanes of at least 4 members (excludes halogenated alkanes) is 2. The maximum Gasteiger partial charge on any atom is 0.0474 e. The van der Waals surface area contributed by atoms with Crippen LogP contribution in [0.25, 0.3) is 0 Å². The third kappa shape index (κ3) is 4.21. The van der Waals surface area contributed by atoms with Gasteiger partial charge >= 0.3 is 0 Å². The zero-order valence-electron chi connectivity index (χ0n) is 11.0. The molecule has 0 saturated carbocycles. The highest BCUT2D eigenvalue weighted by atomic mass is 35.5. The van der Waals surface area contributed by atoms with E-state index in [1.807, 2.05) is 19.1 Å². The quantitative estimate of drug-likeness (QED) is 0.778. The van der Waals surface area contributed by atoms with Gasteiger partial charge in [0.15, 0.2) is 0 Å². The molecule has 1 aromatic rings. The average molecular weight is 255 g/mol. The third-order valence-corrected chi connectivity index (χ3v) is 3.34. The number of halogens is 1. The van der Waals surface area contributed by atoms with Gasteiger partial charge in [0.05, 0.1) is 0 Å². The second kappa shape index (κ2) is 6.87. The fourth-order valence-electron chi connectivity index (χ4n) is 1.85. The van der Waals surface area contributed by atoms with Gasteiger partial charge < -0.3 is 10.6 Å². The SMILES string of the molecule is CCCCCN(C)c1ccc(C(C)N)c(Cl)c1. The summed E-state index contributed by atoms with van der Waals surface area (Å²) in [5, 5.41) is 0.764. The van der Waals surface area contributed by atoms with Crippen molar-refractivity contribution in [1.82, 2.24) is 0 Å². The molecule has 0 amide bonds. The summed E-state index contributed by atoms with van der Waals surface area (Å²) in [6.45, 7) is 5.24. The highest BCUT2D eigenvalue weighted by Gasteiger charge is 2.08. The van der Waals surface area contributed by atoms with Crippen LogP contribution in [-0.4, -0.2) is 13.6 Å². The predicted octanol–water partition coefficient (Wildman–Crippen LogP) is 3.99. The number of hydrogen-bond acceptors (Lipinski definition) is 2. The maximum absolute atomic E-state index is 6.22. The van der Waals surface area contributed by atoms with Gasteiger partial charge in [-0.3, -0.25) is 0 Å². The molecular weight excluding hydrogens is 232 g/mol. The monoisotopic (exact) mass is 254 g/mol. The van der Waals surface area contributed by atoms with Gasteiger partial charge in [0, 0.05) is 30.3 Å². The Morgan fingerprint density at radius 3 is 2.59 bits per heavy atom. The van der Waals surface area contributed by atoms with Gasteiger partial charge in [0.25, 0.3) is 0 Å². The molecule has 3 heteroatoms. The first kappa shape index (κ1) is 14.3. The molecule has 0 saturated heterocycles. The van der Waals surface area contributed by atoms with E-state index in [1.165, 1.54) is 19.3 Å². The summed E-state index contributed by atoms with van der Waals surface area (Å²) < 4.78 is 0. The molecule has 96 valence electrons. The Kier molecular flexibility index (Phi) is 5.79. The molecule has 2 N–H and O–H groups in total. The maximum atomic E-state index is 6.22. The molecule has 1 rings (SSSR count). The number of benzene rings is 1. The minimum atomic E-state index is -0.0121. The number of anilines is 1. The van der Waals surface area contributed by atoms with E-state index in [0.29, 0.717) is 0 Å². The van der Waals surface area contributed by atoms with Crippen molar-refractivity contribution in [2.75, 3.05) is 18.5 Å². The summed E-state index contributed by atoms with van der Waals surface area (Å²) in [6, 6.07) is 6.11. The first-order valence-electron chi connectivity index (χ1n) is 6.32. The fourth-order valence-corrected chi connectivity index (χ4v) is 2.20. The smallest absolute Gasteiger partial charge is 0.0474 e. The van der Waals surface area contributed by atoms with E-state index in [9.17, 15) is 0 Å². The van der Waals surface area contributed by atoms with Crippen molar-refractivity contribution in [3.63, 3.8) is 0 Å². The molecule has 1 aromatic carbocycles. The summed E-state index contributed by atoms with van der Waals surface area (Å²) >= 11 is 6.22. The summed E-state index contributed by atoms with van der Waals surface area (Å²) in [5.41, 5.74) is 8.01. The van der Waals surface area contributed by atoms with Crippen LogP contribution in [0, 0.1) is 0 Å². The first-order chi connectivity index (χ1) is 8.06. The zero-order valence-corrected chi connectivity index (χ0v) is 11.8. The average Bonchev–Trinajstić information content (AvgIpc) is 2.28. The van der Waals surface area contributed by atoms with E-state index in [4.69, 9.17) is 17.3 Å². The van der Waals surface area contributed by atoms with E-state index in [1.54, 1.807) is 0 Å². The Balaban J connectivity index is 2.69. The molecule has 0 bridgehead atoms. The molecule has 1 atom stereocenters. The van der Waals surface area contributed by atoms with E-state index in [-0.39, 0.29) is 6.04 Å². The number of hydrogen-bond donors (Lipinski definition) is 1. The zero-order chi connectivity index (χ0) is 12.8. The highest BCUT2D eigenvalue weighted by Crippen LogP contribution is 2.26. The van der Waals surface area contributed by atoms with Crippen LogP contribution in [0.1, 0.15) is 44.7 Å². The van der Waals surface area contributed by atoms with Crippen LogP contribution < -0.4 is 10.6 Å². The Bertz CT molecular complexity index is 350. The van der Waals surface area contributed by atoms with E-state index in [2.05, 4.69) is 24.9 Å². The number of nitrogens with zero attached hydrogens (tertiary/aromatic N) is 1. The molecule has 0 fully saturated rings. The summed E-state index contributed by atoms with van der Waals surface area (Å²) in [5.74, 6) is 0. The molecule has 0 spiro atoms. The van der Waals surface area contributed by atoms with E-state index >= 15 is 0 Å². The standard InChI is InChI=1S/C14H23ClN2/c1-4-5-6-9-17(3)12-7-8-13(11(2)16)14(15)10-12/h7-8,10-11H,4-6,9,16H2,1-3H3. The summed E-state index contributed by atoms with van der Waals surface area (Å²) in [6.07, 6.45) is 3.74. The van der Waals surface area contributed by atoms with Gasteiger partial charge in [0.1, 0.15) is 0 Å². The van der Waals surface area contributed by atoms with Gasteiger partial charge in [-0.05, 0) is 31.0 Å². The Morgan fingerprint density at radius 2 is 2.06 bits per heavy atom. The predicted molar refractivity (Wildman–Crippen MR) is 76.8 cm³/mol. The lowest BCUT2D eigenvalue weighted by Gasteiger charge is -2.20. The van der Waals surface area contributed by atoms with Crippen LogP contribution in [0.5, 0.6) is 0 Å². The molecule has 0 aromatic heterocycles. The molecule has 17 heavy (non-hydrogen) atoms. The van der Waals surface area contributed by atoms with Crippen molar-refractivity contribution < 1.29 is 0 Å². The van der Waals surface area contributed by atoms with Crippen molar-refractivity contribution >= 4 is 17.3 Å². The normalized spacial score (nSPS) is 12.5. The fraction of sp³-hybridized carbons (Fsp3) is 0.571. The second-order valence-electron chi connectivity index (χ2n) is 4.62. The molecule has 0 radical (unpaired) electrons. The minimum Gasteiger partial charge on any atom is -0.375 e. The lowest BCUT2D eigenvalue weighted by Crippen LogP contribution is -2.18. The lowest BCUT2D eigenvalue weighted by molar-refractivity contribution is 0.705. The molecule has 0 heterocycles. The molecular formula is C14H23ClN2. The van der Waals surface area contributed by atoms with Crippen molar-refractivity contribution in [3.05, 3.63) is 28.8 Å². The van der Waals surface area contributed by atoms with E-state index in [0.717, 1.165) is 22.8 Å². The van der Waals surface area contributed by atoms with Gasteiger partial charge in [-0.2, -0.15) is 0 Å². The van der Waals surface area contributed by atoms with Crippen molar-refractivity contribution in [2.24, 2.45) is 5.73 Å². The van der Waals surface area contributed by atoms with Crippen molar-refractivity contribution in [3.8, 4) is 0 Å². The van der Waals surface area contributed by atoms with Gasteiger partial charge in [-0.1, -0.05) is 37.4 Å². The van der Waals surface area contributed by atoms with Gasteiger partial charge in [-0.15, -0.1) is 0 Å². The van der Waals surface area contributed by atoms with Crippen LogP contribution in [0.15, 0.2) is 18.2 Å². The number of nitrogens with two attached hydrogens (primary N) is 1. The van der Waals surface area contributed by atoms with Gasteiger partial charge in [-0.25, -0.2) is 0 Å². The lowest BCUT2D eigenvalue weighted by atomic mass is 10.1. The molecule has 1 unspecified atom stereocenters.